The Hall–Kier alpha value is -13.3. The molecule has 0 saturated carbocycles. The number of aryl methyl sites for hydroxylation is 9. The Morgan fingerprint density at radius 3 is 1.09 bits per heavy atom. The van der Waals surface area contributed by atoms with Crippen LogP contribution in [0.1, 0.15) is 231 Å². The molecule has 18 nitrogen and oxygen atoms in total. The molecule has 0 spiro atoms. The second-order valence-corrected chi connectivity index (χ2v) is 28.8. The summed E-state index contributed by atoms with van der Waals surface area (Å²) in [4.78, 5) is 38.0. The maximum Gasteiger partial charge on any atom is 0.170 e. The number of para-hydroxylation sites is 6. The van der Waals surface area contributed by atoms with Crippen LogP contribution in [0.5, 0.6) is 0 Å². The van der Waals surface area contributed by atoms with E-state index in [0.29, 0.717) is 22.4 Å². The molecule has 141 heavy (non-hydrogen) atoms. The molecule has 0 N–H and O–H groups in total. The standard InChI is InChI=1S/C23H24N3.C22H22N3.4C18H14N3.6Ir/c1-15(2)19-8-7-9-20(16(3)4)22(19)26-13-12-25-23(26)18-11-10-17(5)21(14-18)24-6;1-15(2)19-10-7-11-20(16(3)4)21(19)25-13-12-24-22(25)17-8-6-9-18(14-17)23-5;1-13-6-4-7-14(2)17(13)21-11-10-20-18(21)15-8-5-9-16(12-15)19-3;1-13-7-6-8-14(2)17(13)21-12-11-20-18(21)15-9-4-5-10-16(15)19-3;1-13-5-3-6-14(2)17(13)21-10-9-20-18(21)16-8-4-7-15(11-16)12-19;1-13-4-3-5-14(2)17(13)21-11-10-20-18(21)16-8-6-15(12-19)7-9-16;;;;;;/h7-10,12-16H,1-5H3;6-7,9-16H,1-4H3;4-7,9-12H,1-2H3;4-8,10-12H,1-2H3;3-10H,1-2H3;3-8,10-11H,1-2H3;;;;;;/q6*-1;;;;;;/i1D3,3D3,5D3,15D,16D;1D3,12D,13D,15D,16D;1D3,2D3,10D,11D;1D3,2D3,11D,12D;1D3,2D3,9D,10D;1D3,2D3,10D,11D;;;;;;. The smallest absolute Gasteiger partial charge is 0.170 e. The molecule has 720 valence electrons. The number of hydrogen-bond acceptors (Lipinski definition) is 8. The maximum absolute atomic E-state index is 9.13. The van der Waals surface area contributed by atoms with Crippen molar-refractivity contribution in [2.75, 3.05) is 0 Å². The Bertz CT molecular complexity index is 9600. The summed E-state index contributed by atoms with van der Waals surface area (Å²) in [5, 5.41) is 18.1. The van der Waals surface area contributed by atoms with Gasteiger partial charge in [-0.25, -0.2) is 15.4 Å². The van der Waals surface area contributed by atoms with E-state index < -0.39 is 155 Å². The van der Waals surface area contributed by atoms with Gasteiger partial charge in [-0.15, -0.1) is 143 Å². The van der Waals surface area contributed by atoms with E-state index in [4.69, 9.17) is 105 Å². The van der Waals surface area contributed by atoms with Crippen LogP contribution in [-0.2, 0) is 121 Å². The number of aromatic nitrogens is 12. The zero-order chi connectivity index (χ0) is 138. The number of rotatable bonds is 16. The van der Waals surface area contributed by atoms with Crippen LogP contribution in [0, 0.1) is 147 Å². The number of imidazole rings is 6. The van der Waals surface area contributed by atoms with Gasteiger partial charge in [-0.1, -0.05) is 194 Å². The average Bonchev–Trinajstić information content (AvgIpc) is 1.52. The molecule has 18 aromatic rings. The first kappa shape index (κ1) is 60.8. The molecule has 6 heterocycles. The molecule has 24 heteroatoms. The molecular formula is C117H102Ir6N18-6. The fraction of sp³-hybridized carbons (Fsp3) is 0.179. The molecule has 12 aromatic carbocycles. The van der Waals surface area contributed by atoms with Gasteiger partial charge >= 0.3 is 0 Å². The quantitative estimate of drug-likeness (QED) is 0.0860. The van der Waals surface area contributed by atoms with E-state index in [1.54, 1.807) is 44.2 Å². The molecule has 0 bridgehead atoms. The van der Waals surface area contributed by atoms with E-state index in [1.807, 2.05) is 12.1 Å². The van der Waals surface area contributed by atoms with Crippen LogP contribution in [0.15, 0.2) is 286 Å². The van der Waals surface area contributed by atoms with Crippen molar-refractivity contribution in [2.24, 2.45) is 0 Å². The van der Waals surface area contributed by atoms with Crippen molar-refractivity contribution in [3.05, 3.63) is 452 Å². The fourth-order valence-corrected chi connectivity index (χ4v) is 13.6. The maximum atomic E-state index is 9.13. The summed E-state index contributed by atoms with van der Waals surface area (Å²) >= 11 is 0. The molecule has 6 radical (unpaired) electrons. The molecule has 0 aliphatic heterocycles. The third-order valence-corrected chi connectivity index (χ3v) is 19.8. The van der Waals surface area contributed by atoms with Crippen LogP contribution in [0.2, 0.25) is 0 Å². The molecule has 0 aliphatic carbocycles. The molecular weight excluding hydrogens is 2810 g/mol. The second kappa shape index (κ2) is 53.9. The van der Waals surface area contributed by atoms with E-state index in [1.165, 1.54) is 218 Å². The Balaban J connectivity index is 0.000000304. The van der Waals surface area contributed by atoms with Crippen LogP contribution in [0.25, 0.3) is 122 Å². The zero-order valence-electron chi connectivity index (χ0n) is 124. The largest absolute Gasteiger partial charge is 0.340 e. The predicted octanol–water partition coefficient (Wildman–Crippen LogP) is 29.2. The summed E-state index contributed by atoms with van der Waals surface area (Å²) in [6.07, 6.45) is -1.65. The molecule has 18 rings (SSSR count). The van der Waals surface area contributed by atoms with Gasteiger partial charge in [0.1, 0.15) is 17.1 Å². The van der Waals surface area contributed by atoms with Gasteiger partial charge < -0.3 is 27.4 Å². The van der Waals surface area contributed by atoms with Crippen molar-refractivity contribution < 1.29 is 189 Å². The van der Waals surface area contributed by atoms with E-state index in [9.17, 15) is 0 Å². The van der Waals surface area contributed by atoms with E-state index in [-0.39, 0.29) is 319 Å². The summed E-state index contributed by atoms with van der Waals surface area (Å²) in [6, 6.07) is 70.3. The van der Waals surface area contributed by atoms with E-state index in [2.05, 4.69) is 85.7 Å². The van der Waals surface area contributed by atoms with Crippen LogP contribution in [0.4, 0.5) is 22.7 Å². The monoisotopic (exact) mass is 2970 g/mol. The third-order valence-electron chi connectivity index (χ3n) is 19.8. The Morgan fingerprint density at radius 2 is 0.702 bits per heavy atom. The number of nitriles is 2. The van der Waals surface area contributed by atoms with Crippen LogP contribution in [0.3, 0.4) is 0 Å². The van der Waals surface area contributed by atoms with Gasteiger partial charge in [-0.3, -0.25) is 44.4 Å². The van der Waals surface area contributed by atoms with Crippen molar-refractivity contribution in [1.29, 1.82) is 10.5 Å². The van der Waals surface area contributed by atoms with Crippen molar-refractivity contribution in [3.63, 3.8) is 0 Å². The topological polar surface area (TPSA) is 172 Å². The minimum atomic E-state index is -2.82. The van der Waals surface area contributed by atoms with E-state index >= 15 is 0 Å². The number of benzene rings is 12. The molecule has 3 atom stereocenters. The van der Waals surface area contributed by atoms with Crippen molar-refractivity contribution in [3.8, 4) is 115 Å². The Kier molecular flexibility index (Phi) is 23.2. The number of hydrogen-bond donors (Lipinski definition) is 0. The first-order chi connectivity index (χ1) is 85.2. The van der Waals surface area contributed by atoms with Crippen LogP contribution >= 0.6 is 0 Å². The van der Waals surface area contributed by atoms with Crippen LogP contribution < -0.4 is 0 Å². The SMILES string of the molecule is [2H]C([2H])([2H])c1c[c-]c(-c2nccn2-c2c(C([2H])(C)C([2H])([2H])[2H])cccc2C([2H])(C)C([2H])([2H])[2H])cc1[N+]#[C-].[2H]c1nc(-c2[c-]c(C#N)ccc2)n(-c2c(C([2H])([2H])[2H])cccc2C([2H])([2H])[2H])c1[2H].[2H]c1nc(-c2[c-]cc(C#N)cc2)n(-c2c(C([2H])([2H])[2H])cccc2C([2H])([2H])[2H])c1[2H].[2H]c1nc(-c2[c-]ccc([N+]#[C-])c2)n(-c2c(C([2H])(C)C)cccc2C([2H])(C)C([2H])([2H])[2H])c1[2H].[2H]c1nc(-c2[c-]ccc([N+]#[C-])c2)n(-c2c(C([2H])([2H])[2H])cccc2C([2H])([2H])[2H])c1[2H].[2H]c1nc(-c2[c-]cccc2[N+]#[C-])n(-c2c(C([2H])([2H])[2H])cccc2C([2H])([2H])[2H])c1[2H].[Ir].[Ir].[Ir].[Ir].[Ir].[Ir]. The molecule has 3 unspecified atom stereocenters. The molecule has 0 amide bonds. The normalized spacial score (nSPS) is 17.8. The van der Waals surface area contributed by atoms with Crippen LogP contribution in [-0.4, -0.2) is 57.3 Å². The van der Waals surface area contributed by atoms with Crippen molar-refractivity contribution >= 4 is 22.7 Å². The predicted molar refractivity (Wildman–Crippen MR) is 540 cm³/mol. The molecule has 0 fully saturated rings. The average molecular weight is 2960 g/mol. The molecule has 0 saturated heterocycles. The van der Waals surface area contributed by atoms with Gasteiger partial charge in [0, 0.05) is 290 Å². The molecule has 0 aliphatic rings. The fourth-order valence-electron chi connectivity index (χ4n) is 13.6. The van der Waals surface area contributed by atoms with Crippen molar-refractivity contribution in [2.45, 2.75) is 140 Å². The van der Waals surface area contributed by atoms with E-state index in [0.717, 1.165) is 24.3 Å². The van der Waals surface area contributed by atoms with Gasteiger partial charge in [0.15, 0.2) is 5.69 Å². The summed E-state index contributed by atoms with van der Waals surface area (Å²) in [6.45, 7) is 3.82. The second-order valence-electron chi connectivity index (χ2n) is 28.8. The number of nitrogens with zero attached hydrogens (tertiary/aromatic N) is 18. The minimum absolute atomic E-state index is 0. The molecule has 6 aromatic heterocycles. The van der Waals surface area contributed by atoms with Gasteiger partial charge in [-0.05, 0) is 157 Å². The Labute approximate surface area is 980 Å². The van der Waals surface area contributed by atoms with Gasteiger partial charge in [0.25, 0.3) is 0 Å². The minimum Gasteiger partial charge on any atom is -0.340 e. The Morgan fingerprint density at radius 1 is 0.333 bits per heavy atom. The zero-order valence-corrected chi connectivity index (χ0v) is 88.3. The summed E-state index contributed by atoms with van der Waals surface area (Å²) in [7, 11) is 0. The van der Waals surface area contributed by atoms with Crippen molar-refractivity contribution in [1.82, 2.24) is 57.3 Å². The van der Waals surface area contributed by atoms with Gasteiger partial charge in [-0.2, -0.15) is 18.2 Å². The summed E-state index contributed by atoms with van der Waals surface area (Å²) in [5.41, 5.74) is -0.449. The van der Waals surface area contributed by atoms with Gasteiger partial charge in [0.2, 0.25) is 0 Å². The third kappa shape index (κ3) is 26.9. The first-order valence-electron chi connectivity index (χ1n) is 64.9. The summed E-state index contributed by atoms with van der Waals surface area (Å²) in [5.74, 6) is -7.66. The van der Waals surface area contributed by atoms with Gasteiger partial charge in [0.05, 0.1) is 74.9 Å². The summed E-state index contributed by atoms with van der Waals surface area (Å²) < 4.78 is 406. The first-order valence-corrected chi connectivity index (χ1v) is 39.9.